The zero-order valence-electron chi connectivity index (χ0n) is 19.9. The van der Waals surface area contributed by atoms with Gasteiger partial charge in [-0.05, 0) is 43.9 Å². The molecule has 1 saturated carbocycles. The number of ketones is 1. The van der Waals surface area contributed by atoms with Crippen molar-refractivity contribution in [2.24, 2.45) is 5.92 Å². The number of carbonyl (C=O) groups excluding carboxylic acids is 1. The minimum absolute atomic E-state index is 0.241. The first-order valence-electron chi connectivity index (χ1n) is 11.7. The van der Waals surface area contributed by atoms with Crippen LogP contribution in [0.4, 0.5) is 5.82 Å². The van der Waals surface area contributed by atoms with Crippen molar-refractivity contribution < 1.29 is 27.6 Å². The molecular weight excluding hydrogens is 518 g/mol. The van der Waals surface area contributed by atoms with Crippen LogP contribution in [0.2, 0.25) is 0 Å². The van der Waals surface area contributed by atoms with E-state index in [1.54, 1.807) is 6.20 Å². The second kappa shape index (κ2) is 10.5. The molecule has 0 amide bonds. The lowest BCUT2D eigenvalue weighted by molar-refractivity contribution is 0.0663. The molecule has 13 heteroatoms. The van der Waals surface area contributed by atoms with Gasteiger partial charge < -0.3 is 15.2 Å². The number of aryl methyl sites for hydroxylation is 1. The van der Waals surface area contributed by atoms with E-state index in [4.69, 9.17) is 9.29 Å². The Morgan fingerprint density at radius 2 is 2.14 bits per heavy atom. The molecule has 0 bridgehead atoms. The van der Waals surface area contributed by atoms with Crippen LogP contribution in [0.5, 0.6) is 0 Å². The van der Waals surface area contributed by atoms with Gasteiger partial charge in [0.25, 0.3) is 0 Å². The summed E-state index contributed by atoms with van der Waals surface area (Å²) in [5, 5.41) is 13.5. The molecule has 37 heavy (non-hydrogen) atoms. The third-order valence-corrected chi connectivity index (χ3v) is 8.10. The summed E-state index contributed by atoms with van der Waals surface area (Å²) in [4.78, 5) is 27.9. The van der Waals surface area contributed by atoms with Gasteiger partial charge >= 0.3 is 10.3 Å². The van der Waals surface area contributed by atoms with E-state index in [-0.39, 0.29) is 23.5 Å². The number of nitrogens with one attached hydrogen (secondary N) is 2. The highest BCUT2D eigenvalue weighted by Gasteiger charge is 2.35. The highest BCUT2D eigenvalue weighted by molar-refractivity contribution is 7.83. The maximum Gasteiger partial charge on any atom is 0.333 e. The van der Waals surface area contributed by atoms with E-state index in [1.165, 1.54) is 23.9 Å². The minimum Gasteiger partial charge on any atom is -0.393 e. The van der Waals surface area contributed by atoms with Crippen molar-refractivity contribution in [1.29, 1.82) is 0 Å². The molecule has 1 radical (unpaired) electrons. The second-order valence-corrected chi connectivity index (χ2v) is 11.5. The van der Waals surface area contributed by atoms with Crippen molar-refractivity contribution in [2.75, 3.05) is 11.9 Å². The van der Waals surface area contributed by atoms with Crippen LogP contribution in [0.3, 0.4) is 0 Å². The van der Waals surface area contributed by atoms with Crippen LogP contribution < -0.4 is 10.0 Å². The summed E-state index contributed by atoms with van der Waals surface area (Å²) >= 11 is 1.37. The van der Waals surface area contributed by atoms with E-state index in [2.05, 4.69) is 20.3 Å². The Balaban J connectivity index is 1.34. The molecule has 4 atom stereocenters. The Bertz CT molecular complexity index is 1410. The predicted molar refractivity (Wildman–Crippen MR) is 135 cm³/mol. The minimum atomic E-state index is -4.40. The number of pyridine rings is 1. The lowest BCUT2D eigenvalue weighted by atomic mass is 9.98. The molecule has 0 unspecified atom stereocenters. The number of hydrogen-bond acceptors (Lipinski definition) is 10. The average Bonchev–Trinajstić information content (AvgIpc) is 3.43. The number of anilines is 1. The van der Waals surface area contributed by atoms with Gasteiger partial charge in [-0.1, -0.05) is 6.07 Å². The number of aromatic nitrogens is 3. The highest BCUT2D eigenvalue weighted by atomic mass is 32.2. The number of ether oxygens (including phenoxy) is 1. The van der Waals surface area contributed by atoms with Crippen molar-refractivity contribution in [1.82, 2.24) is 19.7 Å². The summed E-state index contributed by atoms with van der Waals surface area (Å²) in [5.41, 5.74) is 3.20. The summed E-state index contributed by atoms with van der Waals surface area (Å²) in [5.74, 6) is -0.432. The molecule has 3 aromatic heterocycles. The molecule has 5 rings (SSSR count). The van der Waals surface area contributed by atoms with E-state index in [0.29, 0.717) is 30.1 Å². The number of fused-ring (bicyclic) bond motifs is 1. The van der Waals surface area contributed by atoms with Gasteiger partial charge in [-0.15, -0.1) is 11.3 Å². The van der Waals surface area contributed by atoms with E-state index in [1.807, 2.05) is 29.8 Å². The summed E-state index contributed by atoms with van der Waals surface area (Å²) in [6, 6.07) is 5.53. The van der Waals surface area contributed by atoms with Gasteiger partial charge in [0.05, 0.1) is 28.8 Å². The Morgan fingerprint density at radius 3 is 2.95 bits per heavy atom. The Morgan fingerprint density at radius 1 is 1.30 bits per heavy atom. The maximum absolute atomic E-state index is 13.6. The Kier molecular flexibility index (Phi) is 7.34. The van der Waals surface area contributed by atoms with Crippen molar-refractivity contribution in [3.05, 3.63) is 75.6 Å². The fraction of sp³-hybridized carbons (Fsp3) is 0.375. The summed E-state index contributed by atoms with van der Waals surface area (Å²) in [6.45, 7) is 3.69. The van der Waals surface area contributed by atoms with Gasteiger partial charge in [0, 0.05) is 41.3 Å². The number of rotatable bonds is 8. The first kappa shape index (κ1) is 25.8. The number of nitrogens with zero attached hydrogens (tertiary/aromatic N) is 3. The second-order valence-electron chi connectivity index (χ2n) is 9.09. The average molecular weight is 545 g/mol. The SMILES string of the molecule is Cc1sc(C(=O)c2cncnc2N[C@H]2C[C@H](O)[C@@H]([CH]NS(=O)(=O)O)C2)cc1[C@@H]1OCCc2cccnc21. The number of aliphatic hydroxyl groups excluding tert-OH is 1. The fourth-order valence-electron chi connectivity index (χ4n) is 4.82. The topological polar surface area (TPSA) is 164 Å². The molecule has 4 heterocycles. The standard InChI is InChI=1S/C24H26N5O6S2/c1-13-17(23-21-14(4-6-35-23)3-2-5-26-21)9-20(36-13)22(31)18-11-25-12-27-24(18)29-16-7-15(19(30)8-16)10-28-37(32,33)34/h2-3,5,9-12,15-16,19,23,28,30H,4,6-8H2,1H3,(H,25,27,29)(H,32,33,34)/t15-,16-,19+,23+/m1/s1. The van der Waals surface area contributed by atoms with E-state index >= 15 is 0 Å². The quantitative estimate of drug-likeness (QED) is 0.244. The molecule has 11 nitrogen and oxygen atoms in total. The summed E-state index contributed by atoms with van der Waals surface area (Å²) in [7, 11) is -4.40. The monoisotopic (exact) mass is 544 g/mol. The van der Waals surface area contributed by atoms with Gasteiger partial charge in [-0.25, -0.2) is 9.97 Å². The summed E-state index contributed by atoms with van der Waals surface area (Å²) < 4.78 is 38.8. The van der Waals surface area contributed by atoms with Gasteiger partial charge in [0.15, 0.2) is 0 Å². The molecule has 3 aromatic rings. The van der Waals surface area contributed by atoms with Gasteiger partial charge in [-0.3, -0.25) is 14.3 Å². The zero-order chi connectivity index (χ0) is 26.2. The van der Waals surface area contributed by atoms with Crippen LogP contribution >= 0.6 is 11.3 Å². The van der Waals surface area contributed by atoms with Gasteiger partial charge in [0.1, 0.15) is 18.2 Å². The molecule has 4 N–H and O–H groups in total. The van der Waals surface area contributed by atoms with Crippen molar-refractivity contribution in [3.8, 4) is 0 Å². The number of aliphatic hydroxyl groups is 1. The molecule has 0 spiro atoms. The molecule has 1 aliphatic heterocycles. The van der Waals surface area contributed by atoms with Crippen molar-refractivity contribution in [2.45, 2.75) is 44.4 Å². The lowest BCUT2D eigenvalue weighted by Gasteiger charge is -2.25. The lowest BCUT2D eigenvalue weighted by Crippen LogP contribution is -2.27. The largest absolute Gasteiger partial charge is 0.393 e. The van der Waals surface area contributed by atoms with Crippen LogP contribution in [0.1, 0.15) is 55.9 Å². The van der Waals surface area contributed by atoms with E-state index in [9.17, 15) is 18.3 Å². The number of hydrogen-bond donors (Lipinski definition) is 4. The van der Waals surface area contributed by atoms with E-state index < -0.39 is 22.3 Å². The molecule has 1 fully saturated rings. The molecule has 0 saturated heterocycles. The Hall–Kier alpha value is -2.81. The first-order chi connectivity index (χ1) is 17.7. The molecule has 2 aliphatic rings. The summed E-state index contributed by atoms with van der Waals surface area (Å²) in [6.07, 6.45) is 4.83. The number of thiophene rings is 1. The highest BCUT2D eigenvalue weighted by Crippen LogP contribution is 2.37. The Labute approximate surface area is 218 Å². The predicted octanol–water partition coefficient (Wildman–Crippen LogP) is 2.24. The normalized spacial score (nSPS) is 23.5. The zero-order valence-corrected chi connectivity index (χ0v) is 21.5. The molecular formula is C24H26N5O6S2. The van der Waals surface area contributed by atoms with Crippen LogP contribution in [-0.4, -0.2) is 57.6 Å². The van der Waals surface area contributed by atoms with Crippen molar-refractivity contribution in [3.63, 3.8) is 0 Å². The maximum atomic E-state index is 13.6. The fourth-order valence-corrected chi connectivity index (χ4v) is 6.17. The van der Waals surface area contributed by atoms with E-state index in [0.717, 1.165) is 34.7 Å². The van der Waals surface area contributed by atoms with Gasteiger partial charge in [0.2, 0.25) is 5.78 Å². The van der Waals surface area contributed by atoms with Crippen LogP contribution in [0.25, 0.3) is 0 Å². The van der Waals surface area contributed by atoms with Crippen LogP contribution in [0.15, 0.2) is 36.9 Å². The van der Waals surface area contributed by atoms with Crippen molar-refractivity contribution >= 4 is 33.2 Å². The molecule has 195 valence electrons. The third kappa shape index (κ3) is 5.71. The molecule has 1 aliphatic carbocycles. The smallest absolute Gasteiger partial charge is 0.333 e. The number of carbonyl (C=O) groups is 1. The van der Waals surface area contributed by atoms with Crippen LogP contribution in [-0.2, 0) is 21.5 Å². The van der Waals surface area contributed by atoms with Crippen LogP contribution in [0, 0.1) is 19.4 Å². The third-order valence-electron chi connectivity index (χ3n) is 6.60. The first-order valence-corrected chi connectivity index (χ1v) is 14.0. The van der Waals surface area contributed by atoms with Gasteiger partial charge in [-0.2, -0.15) is 13.1 Å². The molecule has 0 aromatic carbocycles.